The van der Waals surface area contributed by atoms with Gasteiger partial charge >= 0.3 is 5.97 Å². The Labute approximate surface area is 169 Å². The largest absolute Gasteiger partial charge is 0.461 e. The van der Waals surface area contributed by atoms with Crippen molar-refractivity contribution in [3.05, 3.63) is 66.4 Å². The van der Waals surface area contributed by atoms with E-state index < -0.39 is 0 Å². The second-order valence-electron chi connectivity index (χ2n) is 6.69. The van der Waals surface area contributed by atoms with Crippen molar-refractivity contribution in [2.75, 3.05) is 26.2 Å². The summed E-state index contributed by atoms with van der Waals surface area (Å²) in [7, 11) is 0. The molecule has 29 heavy (non-hydrogen) atoms. The van der Waals surface area contributed by atoms with Crippen LogP contribution in [0.4, 0.5) is 0 Å². The van der Waals surface area contributed by atoms with Gasteiger partial charge in [0.05, 0.1) is 12.3 Å². The van der Waals surface area contributed by atoms with Crippen molar-refractivity contribution in [3.63, 3.8) is 0 Å². The Bertz CT molecular complexity index is 948. The van der Waals surface area contributed by atoms with Gasteiger partial charge in [0.1, 0.15) is 23.4 Å². The highest BCUT2D eigenvalue weighted by Gasteiger charge is 2.24. The number of para-hydroxylation sites is 1. The van der Waals surface area contributed by atoms with Crippen LogP contribution < -0.4 is 15.4 Å². The summed E-state index contributed by atoms with van der Waals surface area (Å²) in [4.78, 5) is 12.5. The summed E-state index contributed by atoms with van der Waals surface area (Å²) in [6, 6.07) is 19.1. The molecule has 0 saturated carbocycles. The minimum absolute atomic E-state index is 0.0995. The van der Waals surface area contributed by atoms with Gasteiger partial charge in [-0.05, 0) is 49.4 Å². The third-order valence-electron chi connectivity index (χ3n) is 4.66. The van der Waals surface area contributed by atoms with Crippen LogP contribution in [0.2, 0.25) is 0 Å². The van der Waals surface area contributed by atoms with Gasteiger partial charge in [-0.3, -0.25) is 5.32 Å². The molecule has 1 unspecified atom stereocenters. The van der Waals surface area contributed by atoms with Gasteiger partial charge in [0.2, 0.25) is 0 Å². The summed E-state index contributed by atoms with van der Waals surface area (Å²) >= 11 is 0. The monoisotopic (exact) mass is 392 g/mol. The first kappa shape index (κ1) is 19.2. The van der Waals surface area contributed by atoms with E-state index in [9.17, 15) is 4.79 Å². The van der Waals surface area contributed by atoms with Crippen molar-refractivity contribution in [1.29, 1.82) is 0 Å². The van der Waals surface area contributed by atoms with Crippen LogP contribution in [-0.2, 0) is 4.74 Å². The second kappa shape index (κ2) is 8.89. The summed E-state index contributed by atoms with van der Waals surface area (Å²) < 4.78 is 12.8. The Morgan fingerprint density at radius 1 is 1.10 bits per heavy atom. The predicted octanol–water partition coefficient (Wildman–Crippen LogP) is 3.21. The second-order valence-corrected chi connectivity index (χ2v) is 6.69. The van der Waals surface area contributed by atoms with Crippen LogP contribution in [0.15, 0.2) is 60.7 Å². The first-order valence-corrected chi connectivity index (χ1v) is 9.78. The number of ether oxygens (including phenoxy) is 2. The topological polar surface area (TPSA) is 77.4 Å². The number of nitrogens with zero attached hydrogens (tertiary/aromatic N) is 2. The van der Waals surface area contributed by atoms with Gasteiger partial charge in [-0.1, -0.05) is 18.2 Å². The van der Waals surface area contributed by atoms with E-state index in [0.29, 0.717) is 24.5 Å². The molecule has 1 aromatic heterocycles. The molecular formula is C22H24N4O3. The molecule has 7 nitrogen and oxygen atoms in total. The third-order valence-corrected chi connectivity index (χ3v) is 4.66. The number of hydrogen-bond acceptors (Lipinski definition) is 6. The number of hydrogen-bond donors (Lipinski definition) is 2. The number of carbonyl (C=O) groups is 1. The van der Waals surface area contributed by atoms with Crippen LogP contribution >= 0.6 is 0 Å². The van der Waals surface area contributed by atoms with Crippen LogP contribution in [0.1, 0.15) is 23.6 Å². The fourth-order valence-electron chi connectivity index (χ4n) is 3.26. The first-order chi connectivity index (χ1) is 14.2. The maximum Gasteiger partial charge on any atom is 0.356 e. The van der Waals surface area contributed by atoms with E-state index in [0.717, 1.165) is 30.2 Å². The number of piperazine rings is 1. The summed E-state index contributed by atoms with van der Waals surface area (Å²) in [5.74, 6) is 1.15. The van der Waals surface area contributed by atoms with Gasteiger partial charge in [0.25, 0.3) is 0 Å². The third kappa shape index (κ3) is 4.47. The molecule has 2 heterocycles. The van der Waals surface area contributed by atoms with Crippen molar-refractivity contribution < 1.29 is 14.3 Å². The predicted molar refractivity (Wildman–Crippen MR) is 110 cm³/mol. The molecule has 150 valence electrons. The molecule has 1 atom stereocenters. The number of aromatic nitrogens is 2. The molecular weight excluding hydrogens is 368 g/mol. The number of nitrogens with one attached hydrogen (secondary N) is 2. The molecule has 3 aromatic rings. The van der Waals surface area contributed by atoms with Crippen molar-refractivity contribution in [2.24, 2.45) is 0 Å². The fraction of sp³-hybridized carbons (Fsp3) is 0.273. The van der Waals surface area contributed by atoms with E-state index in [2.05, 4.69) is 10.6 Å². The van der Waals surface area contributed by atoms with Crippen LogP contribution in [-0.4, -0.2) is 42.0 Å². The molecule has 0 radical (unpaired) electrons. The van der Waals surface area contributed by atoms with Gasteiger partial charge < -0.3 is 14.8 Å². The first-order valence-electron chi connectivity index (χ1n) is 9.78. The summed E-state index contributed by atoms with van der Waals surface area (Å²) in [6.07, 6.45) is -0.0995. The van der Waals surface area contributed by atoms with Crippen LogP contribution in [0, 0.1) is 0 Å². The zero-order chi connectivity index (χ0) is 20.1. The molecule has 4 rings (SSSR count). The Hall–Kier alpha value is -3.16. The van der Waals surface area contributed by atoms with Gasteiger partial charge in [-0.15, -0.1) is 0 Å². The van der Waals surface area contributed by atoms with Gasteiger partial charge in [-0.2, -0.15) is 5.10 Å². The lowest BCUT2D eigenvalue weighted by Crippen LogP contribution is -2.46. The minimum atomic E-state index is -0.373. The van der Waals surface area contributed by atoms with Crippen molar-refractivity contribution in [1.82, 2.24) is 20.4 Å². The molecule has 2 aromatic carbocycles. The maximum atomic E-state index is 12.5. The summed E-state index contributed by atoms with van der Waals surface area (Å²) in [6.45, 7) is 4.51. The Morgan fingerprint density at radius 3 is 2.55 bits per heavy atom. The standard InChI is InChI=1S/C22H24N4O3/c1-2-28-22(27)20-14-19(25-26(20)21-15-23-12-13-24-21)16-8-10-18(11-9-16)29-17-6-4-3-5-7-17/h3-11,14,21,23-24H,2,12-13,15H2,1H3. The Kier molecular flexibility index (Phi) is 5.88. The van der Waals surface area contributed by atoms with Crippen LogP contribution in [0.5, 0.6) is 11.5 Å². The summed E-state index contributed by atoms with van der Waals surface area (Å²) in [5.41, 5.74) is 2.05. The molecule has 1 aliphatic heterocycles. The van der Waals surface area contributed by atoms with Crippen molar-refractivity contribution in [3.8, 4) is 22.8 Å². The SMILES string of the molecule is CCOC(=O)c1cc(-c2ccc(Oc3ccccc3)cc2)nn1C1CNCCN1. The highest BCUT2D eigenvalue weighted by molar-refractivity contribution is 5.89. The quantitative estimate of drug-likeness (QED) is 0.628. The van der Waals surface area contributed by atoms with Gasteiger partial charge in [0.15, 0.2) is 0 Å². The van der Waals surface area contributed by atoms with E-state index in [1.165, 1.54) is 0 Å². The molecule has 0 bridgehead atoms. The molecule has 1 saturated heterocycles. The highest BCUT2D eigenvalue weighted by atomic mass is 16.5. The molecule has 7 heteroatoms. The van der Waals surface area contributed by atoms with Crippen molar-refractivity contribution in [2.45, 2.75) is 13.1 Å². The average molecular weight is 392 g/mol. The average Bonchev–Trinajstić information content (AvgIpc) is 3.21. The molecule has 0 spiro atoms. The van der Waals surface area contributed by atoms with E-state index in [4.69, 9.17) is 14.6 Å². The van der Waals surface area contributed by atoms with Crippen LogP contribution in [0.25, 0.3) is 11.3 Å². The number of esters is 1. The Morgan fingerprint density at radius 2 is 1.86 bits per heavy atom. The lowest BCUT2D eigenvalue weighted by molar-refractivity contribution is 0.0506. The van der Waals surface area contributed by atoms with E-state index in [1.807, 2.05) is 54.6 Å². The lowest BCUT2D eigenvalue weighted by atomic mass is 10.1. The Balaban J connectivity index is 1.59. The fourth-order valence-corrected chi connectivity index (χ4v) is 3.26. The van der Waals surface area contributed by atoms with Crippen LogP contribution in [0.3, 0.4) is 0 Å². The van der Waals surface area contributed by atoms with Crippen molar-refractivity contribution >= 4 is 5.97 Å². The zero-order valence-electron chi connectivity index (χ0n) is 16.3. The van der Waals surface area contributed by atoms with E-state index in [1.54, 1.807) is 17.7 Å². The lowest BCUT2D eigenvalue weighted by Gasteiger charge is -2.25. The van der Waals surface area contributed by atoms with Gasteiger partial charge in [-0.25, -0.2) is 9.48 Å². The molecule has 0 aliphatic carbocycles. The maximum absolute atomic E-state index is 12.5. The molecule has 1 aliphatic rings. The number of carbonyl (C=O) groups excluding carboxylic acids is 1. The normalized spacial score (nSPS) is 16.4. The molecule has 0 amide bonds. The zero-order valence-corrected chi connectivity index (χ0v) is 16.3. The van der Waals surface area contributed by atoms with E-state index >= 15 is 0 Å². The summed E-state index contributed by atoms with van der Waals surface area (Å²) in [5, 5.41) is 11.4. The van der Waals surface area contributed by atoms with Gasteiger partial charge in [0, 0.05) is 25.2 Å². The molecule has 1 fully saturated rings. The van der Waals surface area contributed by atoms with E-state index in [-0.39, 0.29) is 12.1 Å². The minimum Gasteiger partial charge on any atom is -0.461 e. The highest BCUT2D eigenvalue weighted by Crippen LogP contribution is 2.26. The molecule has 2 N–H and O–H groups in total. The number of benzene rings is 2. The number of rotatable bonds is 6. The smallest absolute Gasteiger partial charge is 0.356 e.